The molecule has 1 spiro atoms. The van der Waals surface area contributed by atoms with E-state index in [1.54, 1.807) is 12.2 Å². The lowest BCUT2D eigenvalue weighted by molar-refractivity contribution is -1.07. The molecule has 0 aliphatic heterocycles. The van der Waals surface area contributed by atoms with Crippen LogP contribution >= 0.6 is 0 Å². The zero-order valence-corrected chi connectivity index (χ0v) is 19.0. The van der Waals surface area contributed by atoms with Crippen molar-refractivity contribution in [1.29, 1.82) is 0 Å². The maximum atomic E-state index is 13.4. The van der Waals surface area contributed by atoms with Crippen LogP contribution in [-0.4, -0.2) is 23.7 Å². The number of Topliss-reactive ketones (excluding diaryl/α,β-unsaturated/α-hetero) is 1. The standard InChI is InChI=1S/C26H33NO4/c1-5-16(2)31-27(30)21-15-17-14-18(28)6-12-25(17,4)19-8-13-26-20(23(19)21)7-10-24(26,3)11-9-22(26)29/h6-7,12,14,16,21,27H,5,8-11,13,15H2,1-4H3/t16?,21?,24-,25?,26?/m0/s1. The molecule has 0 amide bonds. The Balaban J connectivity index is 1.68. The molecule has 0 aromatic rings. The summed E-state index contributed by atoms with van der Waals surface area (Å²) in [5, 5.41) is 13.2. The van der Waals surface area contributed by atoms with Crippen LogP contribution in [0, 0.1) is 21.5 Å². The van der Waals surface area contributed by atoms with Crippen LogP contribution < -0.4 is 5.23 Å². The van der Waals surface area contributed by atoms with Crippen LogP contribution in [-0.2, 0) is 14.4 Å². The number of rotatable bonds is 4. The molecule has 0 aromatic carbocycles. The van der Waals surface area contributed by atoms with Gasteiger partial charge in [0.2, 0.25) is 0 Å². The van der Waals surface area contributed by atoms with Crippen LogP contribution in [0.5, 0.6) is 0 Å². The molecule has 0 bridgehead atoms. The molecule has 5 rings (SSSR count). The molecule has 0 saturated heterocycles. The normalized spacial score (nSPS) is 40.6. The molecular formula is C26H33NO4. The summed E-state index contributed by atoms with van der Waals surface area (Å²) >= 11 is 0. The number of ketones is 2. The highest BCUT2D eigenvalue weighted by molar-refractivity contribution is 6.01. The molecule has 31 heavy (non-hydrogen) atoms. The molecule has 1 saturated carbocycles. The van der Waals surface area contributed by atoms with Crippen molar-refractivity contribution in [2.75, 3.05) is 0 Å². The number of hydrogen-bond acceptors (Lipinski definition) is 4. The van der Waals surface area contributed by atoms with Crippen LogP contribution in [0.25, 0.3) is 0 Å². The Morgan fingerprint density at radius 3 is 2.77 bits per heavy atom. The molecular weight excluding hydrogens is 390 g/mol. The molecule has 5 heteroatoms. The van der Waals surface area contributed by atoms with Gasteiger partial charge in [0.1, 0.15) is 17.9 Å². The lowest BCUT2D eigenvalue weighted by Gasteiger charge is -2.52. The molecule has 1 fully saturated rings. The molecule has 5 aliphatic carbocycles. The third kappa shape index (κ3) is 2.66. The maximum Gasteiger partial charge on any atom is 0.178 e. The Morgan fingerprint density at radius 2 is 2.03 bits per heavy atom. The van der Waals surface area contributed by atoms with Crippen molar-refractivity contribution in [3.05, 3.63) is 51.8 Å². The minimum atomic E-state index is -0.452. The van der Waals surface area contributed by atoms with Gasteiger partial charge in [-0.1, -0.05) is 26.0 Å². The first-order chi connectivity index (χ1) is 14.7. The van der Waals surface area contributed by atoms with E-state index >= 15 is 0 Å². The van der Waals surface area contributed by atoms with E-state index in [-0.39, 0.29) is 27.9 Å². The van der Waals surface area contributed by atoms with Gasteiger partial charge < -0.3 is 5.21 Å². The van der Waals surface area contributed by atoms with E-state index in [1.165, 1.54) is 5.57 Å². The minimum Gasteiger partial charge on any atom is -0.599 e. The van der Waals surface area contributed by atoms with Crippen molar-refractivity contribution in [3.63, 3.8) is 0 Å². The second-order valence-electron chi connectivity index (χ2n) is 10.6. The van der Waals surface area contributed by atoms with E-state index in [9.17, 15) is 14.8 Å². The number of allylic oxidation sites excluding steroid dienone is 5. The first kappa shape index (κ1) is 21.0. The van der Waals surface area contributed by atoms with E-state index in [2.05, 4.69) is 19.9 Å². The lowest BCUT2D eigenvalue weighted by Crippen LogP contribution is -3.11. The lowest BCUT2D eigenvalue weighted by atomic mass is 9.52. The topological polar surface area (TPSA) is 70.9 Å². The summed E-state index contributed by atoms with van der Waals surface area (Å²) < 4.78 is 0. The van der Waals surface area contributed by atoms with Gasteiger partial charge in [0, 0.05) is 23.8 Å². The Labute approximate surface area is 184 Å². The minimum absolute atomic E-state index is 0.0172. The SMILES string of the molecule is CCC(C)O[NH+]([O-])C1CC2=CC(=O)C=CC2(C)C2=C1C1=CC[C@@]3(C)CCC(=O)C13CC2. The van der Waals surface area contributed by atoms with Crippen LogP contribution in [0.2, 0.25) is 0 Å². The fourth-order valence-corrected chi connectivity index (χ4v) is 7.05. The van der Waals surface area contributed by atoms with Crippen LogP contribution in [0.3, 0.4) is 0 Å². The number of carbonyl (C=O) groups excluding carboxylic acids is 2. The molecule has 5 unspecified atom stereocenters. The predicted octanol–water partition coefficient (Wildman–Crippen LogP) is 3.72. The Kier molecular flexibility index (Phi) is 4.64. The predicted molar refractivity (Wildman–Crippen MR) is 118 cm³/mol. The molecule has 6 atom stereocenters. The average Bonchev–Trinajstić information content (AvgIpc) is 3.18. The van der Waals surface area contributed by atoms with Crippen LogP contribution in [0.15, 0.2) is 46.6 Å². The summed E-state index contributed by atoms with van der Waals surface area (Å²) in [6, 6.07) is -0.443. The largest absolute Gasteiger partial charge is 0.599 e. The molecule has 166 valence electrons. The van der Waals surface area contributed by atoms with Gasteiger partial charge in [-0.15, -0.1) is 0 Å². The summed E-state index contributed by atoms with van der Waals surface area (Å²) in [5.74, 6) is 0.330. The Bertz CT molecular complexity index is 987. The number of quaternary nitrogens is 1. The second kappa shape index (κ2) is 6.84. The van der Waals surface area contributed by atoms with Crippen molar-refractivity contribution in [2.45, 2.75) is 84.8 Å². The Morgan fingerprint density at radius 1 is 1.26 bits per heavy atom. The van der Waals surface area contributed by atoms with Gasteiger partial charge >= 0.3 is 0 Å². The molecule has 1 N–H and O–H groups in total. The van der Waals surface area contributed by atoms with Gasteiger partial charge in [-0.3, -0.25) is 9.59 Å². The molecule has 5 nitrogen and oxygen atoms in total. The monoisotopic (exact) mass is 423 g/mol. The zero-order chi connectivity index (χ0) is 22.2. The van der Waals surface area contributed by atoms with Crippen molar-refractivity contribution >= 4 is 11.6 Å². The van der Waals surface area contributed by atoms with Crippen molar-refractivity contribution < 1.29 is 19.7 Å². The second-order valence-corrected chi connectivity index (χ2v) is 10.6. The zero-order valence-electron chi connectivity index (χ0n) is 19.0. The molecule has 0 aromatic heterocycles. The molecule has 5 aliphatic rings. The van der Waals surface area contributed by atoms with Gasteiger partial charge in [-0.2, -0.15) is 0 Å². The van der Waals surface area contributed by atoms with Crippen molar-refractivity contribution in [2.24, 2.45) is 16.2 Å². The summed E-state index contributed by atoms with van der Waals surface area (Å²) in [6.07, 6.45) is 12.8. The number of carbonyl (C=O) groups is 2. The van der Waals surface area contributed by atoms with Crippen molar-refractivity contribution in [1.82, 2.24) is 0 Å². The summed E-state index contributed by atoms with van der Waals surface area (Å²) in [6.45, 7) is 8.34. The quantitative estimate of drug-likeness (QED) is 0.700. The van der Waals surface area contributed by atoms with Gasteiger partial charge in [-0.25, -0.2) is 10.1 Å². The van der Waals surface area contributed by atoms with Gasteiger partial charge in [-0.05, 0) is 80.2 Å². The number of fused-ring (bicyclic) bond motifs is 3. The van der Waals surface area contributed by atoms with E-state index in [0.29, 0.717) is 18.6 Å². The summed E-state index contributed by atoms with van der Waals surface area (Å²) in [5.41, 5.74) is 3.51. The van der Waals surface area contributed by atoms with Crippen LogP contribution in [0.4, 0.5) is 0 Å². The maximum absolute atomic E-state index is 13.4. The van der Waals surface area contributed by atoms with E-state index < -0.39 is 11.5 Å². The smallest absolute Gasteiger partial charge is 0.178 e. The van der Waals surface area contributed by atoms with Gasteiger partial charge in [0.15, 0.2) is 5.78 Å². The number of hydroxylamine groups is 2. The highest BCUT2D eigenvalue weighted by atomic mass is 16.9. The third-order valence-corrected chi connectivity index (χ3v) is 9.13. The first-order valence-electron chi connectivity index (χ1n) is 11.8. The fourth-order valence-electron chi connectivity index (χ4n) is 7.05. The summed E-state index contributed by atoms with van der Waals surface area (Å²) in [7, 11) is 0. The molecule has 0 radical (unpaired) electrons. The highest BCUT2D eigenvalue weighted by Crippen LogP contribution is 2.69. The third-order valence-electron chi connectivity index (χ3n) is 9.13. The number of hydrogen-bond donors (Lipinski definition) is 1. The summed E-state index contributed by atoms with van der Waals surface area (Å²) in [4.78, 5) is 31.4. The van der Waals surface area contributed by atoms with E-state index in [1.807, 2.05) is 19.9 Å². The molecule has 0 heterocycles. The highest BCUT2D eigenvalue weighted by Gasteiger charge is 2.65. The Hall–Kier alpha value is -1.82. The van der Waals surface area contributed by atoms with Crippen LogP contribution in [0.1, 0.15) is 72.6 Å². The number of nitrogens with one attached hydrogen (secondary N) is 1. The average molecular weight is 424 g/mol. The van der Waals surface area contributed by atoms with Crippen molar-refractivity contribution in [3.8, 4) is 0 Å². The van der Waals surface area contributed by atoms with E-state index in [0.717, 1.165) is 48.8 Å². The first-order valence-corrected chi connectivity index (χ1v) is 11.8. The fraction of sp³-hybridized carbons (Fsp3) is 0.615. The van der Waals surface area contributed by atoms with E-state index in [4.69, 9.17) is 4.84 Å². The van der Waals surface area contributed by atoms with Gasteiger partial charge in [0.25, 0.3) is 0 Å². The van der Waals surface area contributed by atoms with Gasteiger partial charge in [0.05, 0.1) is 5.41 Å².